The van der Waals surface area contributed by atoms with Crippen molar-refractivity contribution in [2.75, 3.05) is 0 Å². The average Bonchev–Trinajstić information content (AvgIpc) is 2.16. The molecule has 0 aliphatic rings. The highest BCUT2D eigenvalue weighted by Crippen LogP contribution is 2.25. The van der Waals surface area contributed by atoms with Crippen molar-refractivity contribution in [2.45, 2.75) is 5.33 Å². The molecule has 76 valence electrons. The topological polar surface area (TPSA) is 0 Å². The molecule has 0 aromatic heterocycles. The van der Waals surface area contributed by atoms with E-state index in [9.17, 15) is 17.6 Å². The van der Waals surface area contributed by atoms with E-state index < -0.39 is 29.4 Å². The fourth-order valence-electron chi connectivity index (χ4n) is 0.985. The van der Waals surface area contributed by atoms with Gasteiger partial charge in [-0.25, -0.2) is 17.6 Å². The molecule has 0 N–H and O–H groups in total. The maximum atomic E-state index is 13.0. The number of benzene rings is 1. The standard InChI is InChI=1S/C9H5BrF4/c10-3-5-1-6(12)9(7(13)2-5)8(14)4-11/h1-2,4H,3H2. The van der Waals surface area contributed by atoms with Crippen LogP contribution in [-0.4, -0.2) is 0 Å². The molecule has 1 aromatic rings. The molecule has 0 aliphatic heterocycles. The molecule has 0 saturated carbocycles. The Hall–Kier alpha value is -0.840. The second kappa shape index (κ2) is 4.59. The van der Waals surface area contributed by atoms with Gasteiger partial charge in [-0.1, -0.05) is 15.9 Å². The zero-order valence-electron chi connectivity index (χ0n) is 6.83. The van der Waals surface area contributed by atoms with Gasteiger partial charge in [-0.2, -0.15) is 0 Å². The number of alkyl halides is 1. The molecule has 5 heteroatoms. The molecule has 0 amide bonds. The molecule has 0 fully saturated rings. The molecule has 0 bridgehead atoms. The fourth-order valence-corrected chi connectivity index (χ4v) is 1.31. The van der Waals surface area contributed by atoms with Crippen LogP contribution in [0.5, 0.6) is 0 Å². The van der Waals surface area contributed by atoms with Gasteiger partial charge in [-0.3, -0.25) is 0 Å². The number of halogens is 5. The van der Waals surface area contributed by atoms with Crippen LogP contribution in [0.2, 0.25) is 0 Å². The van der Waals surface area contributed by atoms with Crippen molar-refractivity contribution < 1.29 is 17.6 Å². The largest absolute Gasteiger partial charge is 0.212 e. The first kappa shape index (κ1) is 11.2. The second-order valence-electron chi connectivity index (χ2n) is 2.53. The van der Waals surface area contributed by atoms with Crippen molar-refractivity contribution in [1.82, 2.24) is 0 Å². The van der Waals surface area contributed by atoms with E-state index in [0.29, 0.717) is 5.56 Å². The van der Waals surface area contributed by atoms with Crippen LogP contribution in [0, 0.1) is 11.6 Å². The van der Waals surface area contributed by atoms with Crippen LogP contribution in [-0.2, 0) is 5.33 Å². The van der Waals surface area contributed by atoms with E-state index in [1.54, 1.807) is 0 Å². The average molecular weight is 269 g/mol. The molecular weight excluding hydrogens is 264 g/mol. The minimum atomic E-state index is -1.55. The van der Waals surface area contributed by atoms with Crippen molar-refractivity contribution in [1.29, 1.82) is 0 Å². The molecule has 0 atom stereocenters. The lowest BCUT2D eigenvalue weighted by molar-refractivity contribution is 0.559. The van der Waals surface area contributed by atoms with Crippen molar-refractivity contribution in [3.05, 3.63) is 41.2 Å². The summed E-state index contributed by atoms with van der Waals surface area (Å²) in [5, 5.41) is 0.238. The minimum absolute atomic E-state index is 0.238. The van der Waals surface area contributed by atoms with Crippen molar-refractivity contribution in [2.24, 2.45) is 0 Å². The lowest BCUT2D eigenvalue weighted by Crippen LogP contribution is -1.94. The zero-order valence-corrected chi connectivity index (χ0v) is 8.41. The molecule has 0 spiro atoms. The van der Waals surface area contributed by atoms with Crippen LogP contribution < -0.4 is 0 Å². The van der Waals surface area contributed by atoms with Gasteiger partial charge in [0.05, 0.1) is 5.56 Å². The summed E-state index contributed by atoms with van der Waals surface area (Å²) in [6.45, 7) is 0. The van der Waals surface area contributed by atoms with Crippen LogP contribution in [0.15, 0.2) is 18.5 Å². The Labute approximate surface area is 86.4 Å². The number of hydrogen-bond acceptors (Lipinski definition) is 0. The Morgan fingerprint density at radius 2 is 1.79 bits per heavy atom. The Morgan fingerprint density at radius 3 is 2.14 bits per heavy atom. The molecule has 1 rings (SSSR count). The predicted octanol–water partition coefficient (Wildman–Crippen LogP) is 4.10. The third kappa shape index (κ3) is 2.15. The lowest BCUT2D eigenvalue weighted by atomic mass is 10.1. The molecule has 0 saturated heterocycles. The quantitative estimate of drug-likeness (QED) is 0.560. The lowest BCUT2D eigenvalue weighted by Gasteiger charge is -2.03. The maximum absolute atomic E-state index is 13.0. The summed E-state index contributed by atoms with van der Waals surface area (Å²) in [6, 6.07) is 1.88. The van der Waals surface area contributed by atoms with Gasteiger partial charge in [-0.05, 0) is 17.7 Å². The summed E-state index contributed by atoms with van der Waals surface area (Å²) < 4.78 is 50.4. The molecule has 0 heterocycles. The van der Waals surface area contributed by atoms with Gasteiger partial charge in [0, 0.05) is 5.33 Å². The molecule has 14 heavy (non-hydrogen) atoms. The van der Waals surface area contributed by atoms with Gasteiger partial charge in [0.25, 0.3) is 0 Å². The second-order valence-corrected chi connectivity index (χ2v) is 3.09. The smallest absolute Gasteiger partial charge is 0.164 e. The van der Waals surface area contributed by atoms with Gasteiger partial charge in [0.1, 0.15) is 18.0 Å². The van der Waals surface area contributed by atoms with Crippen molar-refractivity contribution in [3.8, 4) is 0 Å². The van der Waals surface area contributed by atoms with Crippen LogP contribution in [0.1, 0.15) is 11.1 Å². The summed E-state index contributed by atoms with van der Waals surface area (Å²) in [5.41, 5.74) is -0.660. The highest BCUT2D eigenvalue weighted by molar-refractivity contribution is 9.08. The van der Waals surface area contributed by atoms with E-state index in [2.05, 4.69) is 15.9 Å². The molecular formula is C9H5BrF4. The van der Waals surface area contributed by atoms with E-state index in [-0.39, 0.29) is 5.33 Å². The SMILES string of the molecule is FC=C(F)c1c(F)cc(CBr)cc1F. The molecule has 0 unspecified atom stereocenters. The summed E-state index contributed by atoms with van der Waals surface area (Å²) in [4.78, 5) is 0. The van der Waals surface area contributed by atoms with E-state index in [1.165, 1.54) is 0 Å². The fraction of sp³-hybridized carbons (Fsp3) is 0.111. The Bertz CT molecular complexity index is 350. The van der Waals surface area contributed by atoms with Gasteiger partial charge in [0.15, 0.2) is 5.83 Å². The molecule has 0 nitrogen and oxygen atoms in total. The van der Waals surface area contributed by atoms with Crippen LogP contribution in [0.25, 0.3) is 5.83 Å². The maximum Gasteiger partial charge on any atom is 0.164 e. The Morgan fingerprint density at radius 1 is 1.29 bits per heavy atom. The Kier molecular flexibility index (Phi) is 3.69. The summed E-state index contributed by atoms with van der Waals surface area (Å²) in [7, 11) is 0. The highest BCUT2D eigenvalue weighted by atomic mass is 79.9. The van der Waals surface area contributed by atoms with Gasteiger partial charge >= 0.3 is 0 Å². The number of rotatable bonds is 2. The highest BCUT2D eigenvalue weighted by Gasteiger charge is 2.15. The minimum Gasteiger partial charge on any atom is -0.212 e. The molecule has 0 aliphatic carbocycles. The third-order valence-electron chi connectivity index (χ3n) is 1.59. The Balaban J connectivity index is 3.32. The van der Waals surface area contributed by atoms with Crippen LogP contribution in [0.3, 0.4) is 0 Å². The van der Waals surface area contributed by atoms with E-state index in [0.717, 1.165) is 12.1 Å². The summed E-state index contributed by atoms with van der Waals surface area (Å²) >= 11 is 2.99. The summed E-state index contributed by atoms with van der Waals surface area (Å²) in [6.07, 6.45) is -0.477. The van der Waals surface area contributed by atoms with Crippen molar-refractivity contribution in [3.63, 3.8) is 0 Å². The van der Waals surface area contributed by atoms with E-state index >= 15 is 0 Å². The first-order valence-electron chi connectivity index (χ1n) is 3.60. The van der Waals surface area contributed by atoms with Gasteiger partial charge < -0.3 is 0 Å². The summed E-state index contributed by atoms with van der Waals surface area (Å²) in [5.74, 6) is -3.79. The third-order valence-corrected chi connectivity index (χ3v) is 2.24. The van der Waals surface area contributed by atoms with E-state index in [4.69, 9.17) is 0 Å². The molecule has 0 radical (unpaired) electrons. The zero-order chi connectivity index (χ0) is 10.7. The van der Waals surface area contributed by atoms with E-state index in [1.807, 2.05) is 0 Å². The van der Waals surface area contributed by atoms with Gasteiger partial charge in [-0.15, -0.1) is 0 Å². The van der Waals surface area contributed by atoms with Crippen molar-refractivity contribution >= 4 is 21.8 Å². The normalized spacial score (nSPS) is 11.9. The predicted molar refractivity (Wildman–Crippen MR) is 49.2 cm³/mol. The number of hydrogen-bond donors (Lipinski definition) is 0. The van der Waals surface area contributed by atoms with Crippen LogP contribution in [0.4, 0.5) is 17.6 Å². The first-order chi connectivity index (χ1) is 6.60. The first-order valence-corrected chi connectivity index (χ1v) is 4.72. The molecule has 1 aromatic carbocycles. The monoisotopic (exact) mass is 268 g/mol. The van der Waals surface area contributed by atoms with Gasteiger partial charge in [0.2, 0.25) is 0 Å². The van der Waals surface area contributed by atoms with Crippen LogP contribution >= 0.6 is 15.9 Å².